The average Bonchev–Trinajstić information content (AvgIpc) is 2.81. The Morgan fingerprint density at radius 2 is 1.96 bits per heavy atom. The highest BCUT2D eigenvalue weighted by atomic mass is 32.2. The molecule has 1 unspecified atom stereocenters. The van der Waals surface area contributed by atoms with E-state index in [4.69, 9.17) is 0 Å². The van der Waals surface area contributed by atoms with Gasteiger partial charge in [0.15, 0.2) is 6.61 Å². The van der Waals surface area contributed by atoms with Crippen LogP contribution in [0, 0.1) is 0 Å². The normalized spacial score (nSPS) is 17.9. The summed E-state index contributed by atoms with van der Waals surface area (Å²) in [4.78, 5) is 26.9. The lowest BCUT2D eigenvalue weighted by atomic mass is 10.2. The second-order valence-corrected chi connectivity index (χ2v) is 6.91. The number of sulfonamides is 1. The number of hydrogen-bond donors (Lipinski definition) is 2. The standard InChI is InChI=1S/C14H14F3N3O5S/c1-8(13(22)25-6-11(21)18-7-14(15,16)17)19-12-9-4-2-3-5-10(9)26(23,24)20-12/h2-5,8H,6-7H2,1H3,(H,18,21)(H,19,20). The topological polar surface area (TPSA) is 114 Å². The van der Waals surface area contributed by atoms with Gasteiger partial charge in [0.05, 0.1) is 4.90 Å². The van der Waals surface area contributed by atoms with E-state index in [1.54, 1.807) is 11.4 Å². The van der Waals surface area contributed by atoms with Crippen molar-refractivity contribution in [2.24, 2.45) is 4.99 Å². The van der Waals surface area contributed by atoms with E-state index in [-0.39, 0.29) is 16.3 Å². The molecule has 0 fully saturated rings. The van der Waals surface area contributed by atoms with Crippen LogP contribution in [-0.4, -0.2) is 51.5 Å². The number of nitrogens with zero attached hydrogens (tertiary/aromatic N) is 1. The van der Waals surface area contributed by atoms with Crippen LogP contribution in [0.1, 0.15) is 12.5 Å². The molecule has 1 heterocycles. The number of amidine groups is 1. The molecule has 2 rings (SSSR count). The van der Waals surface area contributed by atoms with Gasteiger partial charge < -0.3 is 10.1 Å². The molecule has 0 saturated carbocycles. The first-order chi connectivity index (χ1) is 12.0. The first-order valence-electron chi connectivity index (χ1n) is 7.20. The van der Waals surface area contributed by atoms with E-state index in [0.29, 0.717) is 0 Å². The van der Waals surface area contributed by atoms with Crippen LogP contribution >= 0.6 is 0 Å². The lowest BCUT2D eigenvalue weighted by Gasteiger charge is -2.10. The molecule has 1 aliphatic heterocycles. The van der Waals surface area contributed by atoms with Gasteiger partial charge in [-0.25, -0.2) is 13.2 Å². The highest BCUT2D eigenvalue weighted by molar-refractivity contribution is 7.90. The van der Waals surface area contributed by atoms with Gasteiger partial charge in [-0.3, -0.25) is 14.5 Å². The third kappa shape index (κ3) is 4.94. The summed E-state index contributed by atoms with van der Waals surface area (Å²) in [6, 6.07) is 4.79. The molecule has 1 atom stereocenters. The molecule has 26 heavy (non-hydrogen) atoms. The summed E-state index contributed by atoms with van der Waals surface area (Å²) in [7, 11) is -3.78. The average molecular weight is 393 g/mol. The largest absolute Gasteiger partial charge is 0.454 e. The van der Waals surface area contributed by atoms with E-state index in [0.717, 1.165) is 0 Å². The van der Waals surface area contributed by atoms with Crippen molar-refractivity contribution in [2.75, 3.05) is 13.2 Å². The van der Waals surface area contributed by atoms with Crippen molar-refractivity contribution in [1.29, 1.82) is 0 Å². The van der Waals surface area contributed by atoms with Gasteiger partial charge in [0.25, 0.3) is 15.9 Å². The van der Waals surface area contributed by atoms with Crippen molar-refractivity contribution in [3.05, 3.63) is 29.8 Å². The predicted molar refractivity (Wildman–Crippen MR) is 82.8 cm³/mol. The van der Waals surface area contributed by atoms with Gasteiger partial charge in [-0.2, -0.15) is 13.2 Å². The molecule has 2 N–H and O–H groups in total. The fraction of sp³-hybridized carbons (Fsp3) is 0.357. The number of hydrogen-bond acceptors (Lipinski definition) is 6. The van der Waals surface area contributed by atoms with E-state index in [1.807, 2.05) is 0 Å². The number of nitrogens with one attached hydrogen (secondary N) is 2. The Morgan fingerprint density at radius 1 is 1.31 bits per heavy atom. The monoisotopic (exact) mass is 393 g/mol. The minimum absolute atomic E-state index is 0.00541. The molecule has 1 amide bonds. The Labute approximate surface area is 146 Å². The molecule has 0 aliphatic carbocycles. The van der Waals surface area contributed by atoms with Crippen LogP contribution in [0.3, 0.4) is 0 Å². The van der Waals surface area contributed by atoms with Crippen molar-refractivity contribution in [3.63, 3.8) is 0 Å². The highest BCUT2D eigenvalue weighted by Crippen LogP contribution is 2.22. The number of halogens is 3. The number of carbonyl (C=O) groups excluding carboxylic acids is 2. The van der Waals surface area contributed by atoms with Crippen molar-refractivity contribution in [2.45, 2.75) is 24.0 Å². The number of rotatable bonds is 5. The van der Waals surface area contributed by atoms with Crippen molar-refractivity contribution in [1.82, 2.24) is 10.0 Å². The molecule has 0 radical (unpaired) electrons. The van der Waals surface area contributed by atoms with Crippen molar-refractivity contribution < 1.29 is 35.9 Å². The summed E-state index contributed by atoms with van der Waals surface area (Å²) >= 11 is 0. The Morgan fingerprint density at radius 3 is 2.62 bits per heavy atom. The molecule has 142 valence electrons. The SMILES string of the molecule is CC(N=C1NS(=O)(=O)c2ccccc21)C(=O)OCC(=O)NCC(F)(F)F. The number of amides is 1. The Bertz CT molecular complexity index is 852. The quantitative estimate of drug-likeness (QED) is 0.700. The van der Waals surface area contributed by atoms with Gasteiger partial charge in [-0.05, 0) is 19.1 Å². The lowest BCUT2D eigenvalue weighted by molar-refractivity contribution is -0.152. The fourth-order valence-corrected chi connectivity index (χ4v) is 3.22. The van der Waals surface area contributed by atoms with Crippen molar-refractivity contribution >= 4 is 27.7 Å². The summed E-state index contributed by atoms with van der Waals surface area (Å²) in [5.41, 5.74) is 0.273. The second kappa shape index (κ2) is 7.32. The van der Waals surface area contributed by atoms with Gasteiger partial charge in [0.2, 0.25) is 0 Å². The van der Waals surface area contributed by atoms with E-state index in [1.165, 1.54) is 25.1 Å². The van der Waals surface area contributed by atoms with Gasteiger partial charge in [-0.15, -0.1) is 0 Å². The minimum Gasteiger partial charge on any atom is -0.454 e. The summed E-state index contributed by atoms with van der Waals surface area (Å²) in [5, 5.41) is 1.55. The molecule has 0 bridgehead atoms. The molecule has 1 aromatic carbocycles. The maximum atomic E-state index is 12.0. The maximum Gasteiger partial charge on any atom is 0.405 e. The third-order valence-corrected chi connectivity index (χ3v) is 4.56. The molecule has 0 aromatic heterocycles. The smallest absolute Gasteiger partial charge is 0.405 e. The number of carbonyl (C=O) groups is 2. The number of esters is 1. The van der Waals surface area contributed by atoms with Gasteiger partial charge in [-0.1, -0.05) is 12.1 Å². The van der Waals surface area contributed by atoms with Crippen LogP contribution in [0.4, 0.5) is 13.2 Å². The molecule has 0 saturated heterocycles. The summed E-state index contributed by atoms with van der Waals surface area (Å²) in [5.74, 6) is -2.18. The molecule has 8 nitrogen and oxygen atoms in total. The molecule has 0 spiro atoms. The Hall–Kier alpha value is -2.63. The highest BCUT2D eigenvalue weighted by Gasteiger charge is 2.31. The number of ether oxygens (including phenoxy) is 1. The maximum absolute atomic E-state index is 12.0. The summed E-state index contributed by atoms with van der Waals surface area (Å²) in [6.45, 7) is -1.16. The fourth-order valence-electron chi connectivity index (χ4n) is 1.98. The van der Waals surface area contributed by atoms with Crippen LogP contribution in [0.2, 0.25) is 0 Å². The Kier molecular flexibility index (Phi) is 5.54. The molecule has 12 heteroatoms. The summed E-state index contributed by atoms with van der Waals surface area (Å²) in [6.07, 6.45) is -4.58. The molecule has 1 aliphatic rings. The van der Waals surface area contributed by atoms with Crippen LogP contribution in [0.5, 0.6) is 0 Å². The molecular weight excluding hydrogens is 379 g/mol. The number of benzene rings is 1. The van der Waals surface area contributed by atoms with Gasteiger partial charge in [0, 0.05) is 5.56 Å². The summed E-state index contributed by atoms with van der Waals surface area (Å²) < 4.78 is 66.5. The van der Waals surface area contributed by atoms with Gasteiger partial charge >= 0.3 is 12.1 Å². The second-order valence-electron chi connectivity index (χ2n) is 5.25. The van der Waals surface area contributed by atoms with Crippen LogP contribution in [0.25, 0.3) is 0 Å². The minimum atomic E-state index is -4.58. The van der Waals surface area contributed by atoms with E-state index < -0.39 is 47.3 Å². The van der Waals surface area contributed by atoms with E-state index in [9.17, 15) is 31.2 Å². The first-order valence-corrected chi connectivity index (χ1v) is 8.68. The van der Waals surface area contributed by atoms with E-state index >= 15 is 0 Å². The zero-order valence-electron chi connectivity index (χ0n) is 13.3. The molecular formula is C14H14F3N3O5S. The third-order valence-electron chi connectivity index (χ3n) is 3.16. The number of fused-ring (bicyclic) bond motifs is 1. The zero-order chi connectivity index (χ0) is 19.5. The van der Waals surface area contributed by atoms with Crippen LogP contribution in [-0.2, 0) is 24.3 Å². The number of alkyl halides is 3. The van der Waals surface area contributed by atoms with Crippen molar-refractivity contribution in [3.8, 4) is 0 Å². The molecule has 1 aromatic rings. The predicted octanol–water partition coefficient (Wildman–Crippen LogP) is 0.335. The first kappa shape index (κ1) is 19.7. The number of aliphatic imine (C=N–C) groups is 1. The van der Waals surface area contributed by atoms with E-state index in [2.05, 4.69) is 14.5 Å². The lowest BCUT2D eigenvalue weighted by Crippen LogP contribution is -2.37. The van der Waals surface area contributed by atoms with Crippen LogP contribution < -0.4 is 10.0 Å². The zero-order valence-corrected chi connectivity index (χ0v) is 14.1. The van der Waals surface area contributed by atoms with Crippen LogP contribution in [0.15, 0.2) is 34.2 Å². The van der Waals surface area contributed by atoms with Gasteiger partial charge in [0.1, 0.15) is 18.4 Å². The Balaban J connectivity index is 1.98.